The lowest BCUT2D eigenvalue weighted by molar-refractivity contribution is 1.09. The van der Waals surface area contributed by atoms with Crippen LogP contribution >= 0.6 is 12.2 Å². The van der Waals surface area contributed by atoms with Gasteiger partial charge >= 0.3 is 0 Å². The quantitative estimate of drug-likeness (QED) is 0.467. The second-order valence-corrected chi connectivity index (χ2v) is 1.70. The maximum absolute atomic E-state index is 10.3. The van der Waals surface area contributed by atoms with Crippen LogP contribution in [0.15, 0.2) is 17.1 Å². The van der Waals surface area contributed by atoms with E-state index in [0.29, 0.717) is 4.77 Å². The molecule has 0 aliphatic heterocycles. The normalized spacial score (nSPS) is 8.00. The summed E-state index contributed by atoms with van der Waals surface area (Å²) in [5.74, 6) is 0. The fourth-order valence-corrected chi connectivity index (χ4v) is 0.551. The van der Waals surface area contributed by atoms with E-state index >= 15 is 0 Å². The Morgan fingerprint density at radius 2 is 2.22 bits per heavy atom. The van der Waals surface area contributed by atoms with Crippen LogP contribution in [0.1, 0.15) is 0 Å². The van der Waals surface area contributed by atoms with Crippen LogP contribution in [0.2, 0.25) is 0 Å². The highest BCUT2D eigenvalue weighted by molar-refractivity contribution is 7.71. The zero-order chi connectivity index (χ0) is 5.98. The van der Waals surface area contributed by atoms with Gasteiger partial charge in [0.15, 0.2) is 4.77 Å². The van der Waals surface area contributed by atoms with Crippen LogP contribution in [0.3, 0.4) is 0 Å². The molecule has 0 spiro atoms. The molecule has 0 saturated heterocycles. The zero-order valence-corrected chi connectivity index (χ0v) is 5.49. The van der Waals surface area contributed by atoms with Gasteiger partial charge in [-0.1, -0.05) is 0 Å². The third kappa shape index (κ3) is 2.20. The predicted molar refractivity (Wildman–Crippen MR) is 37.3 cm³/mol. The van der Waals surface area contributed by atoms with Crippen LogP contribution < -0.4 is 11.7 Å². The smallest absolute Gasteiger partial charge is 0.251 e. The van der Waals surface area contributed by atoms with E-state index in [4.69, 9.17) is 0 Å². The first-order valence-corrected chi connectivity index (χ1v) is 2.48. The van der Waals surface area contributed by atoms with E-state index in [1.165, 1.54) is 12.3 Å². The van der Waals surface area contributed by atoms with Crippen molar-refractivity contribution >= 4 is 12.2 Å². The van der Waals surface area contributed by atoms with Crippen molar-refractivity contribution in [3.8, 4) is 0 Å². The highest BCUT2D eigenvalue weighted by atomic mass is 32.1. The molecule has 4 nitrogen and oxygen atoms in total. The van der Waals surface area contributed by atoms with E-state index < -0.39 is 0 Å². The molecule has 5 N–H and O–H groups in total. The molecule has 1 rings (SSSR count). The summed E-state index contributed by atoms with van der Waals surface area (Å²) in [5, 5.41) is 0. The lowest BCUT2D eigenvalue weighted by Gasteiger charge is -1.78. The monoisotopic (exact) mass is 145 g/mol. The Morgan fingerprint density at radius 1 is 1.56 bits per heavy atom. The topological polar surface area (TPSA) is 83.7 Å². The van der Waals surface area contributed by atoms with Crippen molar-refractivity contribution in [2.75, 3.05) is 0 Å². The van der Waals surface area contributed by atoms with Gasteiger partial charge in [-0.25, -0.2) is 0 Å². The Bertz CT molecular complexity index is 250. The zero-order valence-electron chi connectivity index (χ0n) is 4.68. The average Bonchev–Trinajstić information content (AvgIpc) is 1.64. The van der Waals surface area contributed by atoms with E-state index in [1.54, 1.807) is 0 Å². The number of rotatable bonds is 0. The summed E-state index contributed by atoms with van der Waals surface area (Å²) in [6.07, 6.45) is 1.50. The largest absolute Gasteiger partial charge is 0.344 e. The first kappa shape index (κ1) is 8.06. The van der Waals surface area contributed by atoms with Crippen molar-refractivity contribution in [1.29, 1.82) is 0 Å². The first-order chi connectivity index (χ1) is 3.79. The van der Waals surface area contributed by atoms with Gasteiger partial charge in [0.2, 0.25) is 0 Å². The van der Waals surface area contributed by atoms with E-state index in [1.807, 2.05) is 0 Å². The van der Waals surface area contributed by atoms with E-state index in [9.17, 15) is 4.79 Å². The summed E-state index contributed by atoms with van der Waals surface area (Å²) in [7, 11) is 0. The third-order valence-corrected chi connectivity index (χ3v) is 0.906. The van der Waals surface area contributed by atoms with Crippen molar-refractivity contribution < 1.29 is 0 Å². The average molecular weight is 145 g/mol. The van der Waals surface area contributed by atoms with E-state index in [2.05, 4.69) is 22.2 Å². The molecule has 0 bridgehead atoms. The van der Waals surface area contributed by atoms with Gasteiger partial charge in [-0.2, -0.15) is 0 Å². The number of aromatic nitrogens is 2. The molecule has 5 heteroatoms. The molecule has 0 fully saturated rings. The van der Waals surface area contributed by atoms with Gasteiger partial charge in [-0.05, 0) is 12.2 Å². The van der Waals surface area contributed by atoms with Gasteiger partial charge in [0.1, 0.15) is 0 Å². The van der Waals surface area contributed by atoms with Crippen molar-refractivity contribution in [3.05, 3.63) is 27.4 Å². The van der Waals surface area contributed by atoms with Crippen LogP contribution in [-0.4, -0.2) is 9.97 Å². The number of hydrogen-bond acceptors (Lipinski definition) is 3. The molecule has 0 aliphatic rings. The van der Waals surface area contributed by atoms with Crippen LogP contribution in [0.4, 0.5) is 0 Å². The van der Waals surface area contributed by atoms with Gasteiger partial charge in [0.05, 0.1) is 0 Å². The fourth-order valence-electron chi connectivity index (χ4n) is 0.383. The van der Waals surface area contributed by atoms with E-state index in [-0.39, 0.29) is 11.7 Å². The maximum atomic E-state index is 10.3. The van der Waals surface area contributed by atoms with Gasteiger partial charge in [-0.3, -0.25) is 9.78 Å². The summed E-state index contributed by atoms with van der Waals surface area (Å²) < 4.78 is 0.359. The summed E-state index contributed by atoms with van der Waals surface area (Å²) >= 11 is 4.59. The SMILES string of the molecule is N.O=c1cc[nH]c(=S)[nH]1. The van der Waals surface area contributed by atoms with Gasteiger partial charge < -0.3 is 11.1 Å². The van der Waals surface area contributed by atoms with Crippen LogP contribution in [0.5, 0.6) is 0 Å². The molecule has 1 heterocycles. The summed E-state index contributed by atoms with van der Waals surface area (Å²) in [6, 6.07) is 1.37. The summed E-state index contributed by atoms with van der Waals surface area (Å²) in [4.78, 5) is 15.4. The molecule has 0 aliphatic carbocycles. The molecule has 0 aromatic carbocycles. The molecule has 50 valence electrons. The highest BCUT2D eigenvalue weighted by Gasteiger charge is 1.74. The molecule has 0 amide bonds. The Kier molecular flexibility index (Phi) is 2.83. The lowest BCUT2D eigenvalue weighted by Crippen LogP contribution is -2.02. The summed E-state index contributed by atoms with van der Waals surface area (Å²) in [6.45, 7) is 0. The Labute approximate surface area is 56.5 Å². The second-order valence-electron chi connectivity index (χ2n) is 1.30. The van der Waals surface area contributed by atoms with E-state index in [0.717, 1.165) is 0 Å². The molecule has 9 heavy (non-hydrogen) atoms. The molecule has 0 unspecified atom stereocenters. The predicted octanol–water partition coefficient (Wildman–Crippen LogP) is 0.594. The minimum absolute atomic E-state index is 0. The number of aromatic amines is 2. The third-order valence-electron chi connectivity index (χ3n) is 0.686. The maximum Gasteiger partial charge on any atom is 0.251 e. The van der Waals surface area contributed by atoms with Crippen LogP contribution in [0.25, 0.3) is 0 Å². The Morgan fingerprint density at radius 3 is 2.56 bits per heavy atom. The highest BCUT2D eigenvalue weighted by Crippen LogP contribution is 1.67. The molecule has 1 aromatic rings. The van der Waals surface area contributed by atoms with Crippen LogP contribution in [0, 0.1) is 4.77 Å². The molecular formula is C4H7N3OS. The summed E-state index contributed by atoms with van der Waals surface area (Å²) in [5.41, 5.74) is -0.172. The van der Waals surface area contributed by atoms with Crippen molar-refractivity contribution in [3.63, 3.8) is 0 Å². The number of H-pyrrole nitrogens is 2. The van der Waals surface area contributed by atoms with Crippen molar-refractivity contribution in [2.45, 2.75) is 0 Å². The molecule has 0 atom stereocenters. The van der Waals surface area contributed by atoms with Gasteiger partial charge in [0.25, 0.3) is 5.56 Å². The lowest BCUT2D eigenvalue weighted by atomic mass is 10.7. The fraction of sp³-hybridized carbons (Fsp3) is 0. The van der Waals surface area contributed by atoms with Crippen LogP contribution in [-0.2, 0) is 0 Å². The van der Waals surface area contributed by atoms with Gasteiger partial charge in [-0.15, -0.1) is 0 Å². The van der Waals surface area contributed by atoms with Crippen molar-refractivity contribution in [2.24, 2.45) is 0 Å². The van der Waals surface area contributed by atoms with Crippen molar-refractivity contribution in [1.82, 2.24) is 16.1 Å². The standard InChI is InChI=1S/C4H4N2OS.H3N/c7-3-1-2-5-4(8)6-3;/h1-2H,(H2,5,6,7,8);1H3. The second kappa shape index (κ2) is 3.16. The molecule has 0 saturated carbocycles. The first-order valence-electron chi connectivity index (χ1n) is 2.07. The molecule has 1 aromatic heterocycles. The molecule has 0 radical (unpaired) electrons. The van der Waals surface area contributed by atoms with Gasteiger partial charge in [0, 0.05) is 12.3 Å². The minimum atomic E-state index is -0.172. The Balaban J connectivity index is 0.000000640. The number of hydrogen-bond donors (Lipinski definition) is 3. The Hall–Kier alpha value is -0.940. The minimum Gasteiger partial charge on any atom is -0.344 e. The molecular weight excluding hydrogens is 138 g/mol. The number of nitrogens with one attached hydrogen (secondary N) is 2.